The zero-order chi connectivity index (χ0) is 48.8. The van der Waals surface area contributed by atoms with E-state index in [1.165, 1.54) is 141 Å². The second-order valence-corrected chi connectivity index (χ2v) is 20.3. The molecule has 0 aliphatic rings. The maximum absolute atomic E-state index is 12.3. The monoisotopic (exact) mass is 955 g/mol. The molecule has 0 spiro atoms. The molecule has 0 radical (unpaired) electrons. The minimum Gasteiger partial charge on any atom is -0.460 e. The summed E-state index contributed by atoms with van der Waals surface area (Å²) in [5, 5.41) is 0. The van der Waals surface area contributed by atoms with Crippen molar-refractivity contribution in [3.8, 4) is 47.4 Å². The lowest BCUT2D eigenvalue weighted by Gasteiger charge is -2.19. The van der Waals surface area contributed by atoms with Gasteiger partial charge < -0.3 is 14.4 Å². The maximum atomic E-state index is 12.3. The van der Waals surface area contributed by atoms with Gasteiger partial charge in [-0.05, 0) is 62.2 Å². The largest absolute Gasteiger partial charge is 0.460 e. The molecule has 0 heterocycles. The van der Waals surface area contributed by atoms with Gasteiger partial charge in [-0.25, -0.2) is 0 Å². The number of carbonyl (C=O) groups excluding carboxylic acids is 2. The van der Waals surface area contributed by atoms with Crippen molar-refractivity contribution in [2.75, 3.05) is 38.6 Å². The molecule has 9 heteroatoms. The molecule has 0 unspecified atom stereocenters. The molecule has 0 bridgehead atoms. The first-order valence-electron chi connectivity index (χ1n) is 27.8. The van der Waals surface area contributed by atoms with Gasteiger partial charge in [-0.2, -0.15) is 8.42 Å². The zero-order valence-electron chi connectivity index (χ0n) is 43.3. The SMILES string of the molecule is CCCCCCCCCCCCCC#CC#CCCCCCCCCC(=O)OCC[NH+](CCOC(=O)CCCCCCCCC#CC#CCCCCCCCCCCCCC)CCS(=O)(=O)O. The van der Waals surface area contributed by atoms with Gasteiger partial charge in [-0.1, -0.05) is 217 Å². The second-order valence-electron chi connectivity index (χ2n) is 18.7. The number of ether oxygens (including phenoxy) is 2. The Morgan fingerprint density at radius 3 is 0.910 bits per heavy atom. The molecule has 0 aromatic carbocycles. The highest BCUT2D eigenvalue weighted by atomic mass is 32.2. The van der Waals surface area contributed by atoms with E-state index in [0.717, 1.165) is 108 Å². The van der Waals surface area contributed by atoms with E-state index in [1.54, 1.807) is 0 Å². The van der Waals surface area contributed by atoms with E-state index in [-0.39, 0.29) is 31.7 Å². The highest BCUT2D eigenvalue weighted by Crippen LogP contribution is 2.14. The molecule has 0 aliphatic heterocycles. The minimum absolute atomic E-state index is 0.130. The molecule has 0 aliphatic carbocycles. The van der Waals surface area contributed by atoms with Gasteiger partial charge in [0.2, 0.25) is 0 Å². The summed E-state index contributed by atoms with van der Waals surface area (Å²) in [6.07, 6.45) is 46.2. The van der Waals surface area contributed by atoms with Gasteiger partial charge in [0.05, 0.1) is 6.54 Å². The number of esters is 2. The first kappa shape index (κ1) is 64.0. The molecular weight excluding hydrogens is 855 g/mol. The lowest BCUT2D eigenvalue weighted by atomic mass is 10.1. The smallest absolute Gasteiger partial charge is 0.305 e. The Hall–Kier alpha value is -2.95. The van der Waals surface area contributed by atoms with Crippen molar-refractivity contribution in [2.45, 2.75) is 271 Å². The average Bonchev–Trinajstić information content (AvgIpc) is 3.30. The molecule has 0 atom stereocenters. The normalized spacial score (nSPS) is 10.9. The summed E-state index contributed by atoms with van der Waals surface area (Å²) < 4.78 is 42.9. The summed E-state index contributed by atoms with van der Waals surface area (Å²) in [6, 6.07) is 0. The Morgan fingerprint density at radius 2 is 0.642 bits per heavy atom. The molecular formula is C58H100NO7S+. The Balaban J connectivity index is 3.86. The van der Waals surface area contributed by atoms with E-state index in [1.807, 2.05) is 0 Å². The average molecular weight is 956 g/mol. The zero-order valence-corrected chi connectivity index (χ0v) is 44.1. The Kier molecular flexibility index (Phi) is 50.1. The van der Waals surface area contributed by atoms with Crippen molar-refractivity contribution >= 4 is 22.1 Å². The molecule has 0 saturated heterocycles. The van der Waals surface area contributed by atoms with Crippen LogP contribution in [0.1, 0.15) is 271 Å². The van der Waals surface area contributed by atoms with Crippen LogP contribution in [0.15, 0.2) is 0 Å². The predicted octanol–water partition coefficient (Wildman–Crippen LogP) is 13.5. The minimum atomic E-state index is -4.14. The van der Waals surface area contributed by atoms with Crippen molar-refractivity contribution in [2.24, 2.45) is 0 Å². The highest BCUT2D eigenvalue weighted by molar-refractivity contribution is 7.85. The highest BCUT2D eigenvalue weighted by Gasteiger charge is 2.16. The fourth-order valence-electron chi connectivity index (χ4n) is 7.97. The summed E-state index contributed by atoms with van der Waals surface area (Å²) in [7, 11) is -4.14. The topological polar surface area (TPSA) is 111 Å². The third kappa shape index (κ3) is 55.5. The molecule has 2 N–H and O–H groups in total. The lowest BCUT2D eigenvalue weighted by molar-refractivity contribution is -0.898. The van der Waals surface area contributed by atoms with Crippen LogP contribution in [0.2, 0.25) is 0 Å². The van der Waals surface area contributed by atoms with Gasteiger partial charge in [0.1, 0.15) is 32.1 Å². The number of nitrogens with one attached hydrogen (secondary N) is 1. The van der Waals surface area contributed by atoms with E-state index >= 15 is 0 Å². The van der Waals surface area contributed by atoms with E-state index < -0.39 is 15.9 Å². The molecule has 67 heavy (non-hydrogen) atoms. The van der Waals surface area contributed by atoms with E-state index in [0.29, 0.717) is 25.9 Å². The Labute approximate surface area is 413 Å². The van der Waals surface area contributed by atoms with Crippen LogP contribution in [-0.4, -0.2) is 63.5 Å². The quantitative estimate of drug-likeness (QED) is 0.0270. The number of hydrogen-bond donors (Lipinski definition) is 2. The molecule has 0 amide bonds. The summed E-state index contributed by atoms with van der Waals surface area (Å²) >= 11 is 0. The van der Waals surface area contributed by atoms with Crippen LogP contribution < -0.4 is 4.90 Å². The molecule has 0 fully saturated rings. The number of carbonyl (C=O) groups is 2. The Morgan fingerprint density at radius 1 is 0.388 bits per heavy atom. The van der Waals surface area contributed by atoms with Crippen LogP contribution in [0.5, 0.6) is 0 Å². The molecule has 0 rings (SSSR count). The molecule has 0 aromatic rings. The summed E-state index contributed by atoms with van der Waals surface area (Å²) in [5.74, 6) is 23.8. The van der Waals surface area contributed by atoms with Crippen molar-refractivity contribution in [1.29, 1.82) is 0 Å². The van der Waals surface area contributed by atoms with E-state index in [2.05, 4.69) is 61.2 Å². The van der Waals surface area contributed by atoms with Gasteiger partial charge in [-0.3, -0.25) is 14.1 Å². The fraction of sp³-hybridized carbons (Fsp3) is 0.828. The van der Waals surface area contributed by atoms with Crippen LogP contribution in [-0.2, 0) is 29.2 Å². The Bertz CT molecular complexity index is 1420. The first-order chi connectivity index (χ1) is 32.8. The van der Waals surface area contributed by atoms with Gasteiger partial charge in [0, 0.05) is 38.5 Å². The van der Waals surface area contributed by atoms with E-state index in [9.17, 15) is 22.6 Å². The maximum Gasteiger partial charge on any atom is 0.305 e. The molecule has 0 aromatic heterocycles. The van der Waals surface area contributed by atoms with Gasteiger partial charge in [0.25, 0.3) is 10.1 Å². The van der Waals surface area contributed by atoms with Crippen molar-refractivity contribution in [3.05, 3.63) is 0 Å². The van der Waals surface area contributed by atoms with Crippen molar-refractivity contribution in [1.82, 2.24) is 0 Å². The summed E-state index contributed by atoms with van der Waals surface area (Å²) in [4.78, 5) is 25.4. The predicted molar refractivity (Wildman–Crippen MR) is 281 cm³/mol. The van der Waals surface area contributed by atoms with Crippen molar-refractivity contribution < 1.29 is 36.9 Å². The number of unbranched alkanes of at least 4 members (excludes halogenated alkanes) is 34. The third-order valence-corrected chi connectivity index (χ3v) is 13.0. The van der Waals surface area contributed by atoms with Crippen LogP contribution in [0.4, 0.5) is 0 Å². The van der Waals surface area contributed by atoms with Gasteiger partial charge >= 0.3 is 11.9 Å². The summed E-state index contributed by atoms with van der Waals surface area (Å²) in [6.45, 7) is 5.67. The van der Waals surface area contributed by atoms with Crippen LogP contribution in [0, 0.1) is 47.4 Å². The van der Waals surface area contributed by atoms with Crippen LogP contribution in [0.25, 0.3) is 0 Å². The third-order valence-electron chi connectivity index (χ3n) is 12.3. The van der Waals surface area contributed by atoms with Crippen LogP contribution >= 0.6 is 0 Å². The van der Waals surface area contributed by atoms with Gasteiger partial charge in [-0.15, -0.1) is 0 Å². The molecule has 8 nitrogen and oxygen atoms in total. The standard InChI is InChI=1S/C58H99NO7S/c1-3-5-7-9-11-13-15-17-19-21-23-25-27-29-31-33-35-37-39-41-43-45-47-49-57(60)65-54-51-59(53-56-67(62,63)64)52-55-66-58(61)50-48-46-44-42-40-38-36-34-32-30-28-26-24-22-20-18-16-14-12-10-8-6-4-2/h3-26,35-56H2,1-2H3,(H,62,63,64)/p+1. The fourth-order valence-corrected chi connectivity index (χ4v) is 8.52. The molecule has 0 saturated carbocycles. The van der Waals surface area contributed by atoms with Gasteiger partial charge in [0.15, 0.2) is 0 Å². The first-order valence-corrected chi connectivity index (χ1v) is 29.4. The van der Waals surface area contributed by atoms with E-state index in [4.69, 9.17) is 9.47 Å². The van der Waals surface area contributed by atoms with Crippen LogP contribution in [0.3, 0.4) is 0 Å². The van der Waals surface area contributed by atoms with Crippen molar-refractivity contribution in [3.63, 3.8) is 0 Å². The molecule has 384 valence electrons. The number of quaternary nitrogens is 1. The lowest BCUT2D eigenvalue weighted by Crippen LogP contribution is -3.13. The summed E-state index contributed by atoms with van der Waals surface area (Å²) in [5.41, 5.74) is 0. The second kappa shape index (κ2) is 52.4. The number of hydrogen-bond acceptors (Lipinski definition) is 6. The number of rotatable bonds is 47.